The largest absolute Gasteiger partial charge is 0.341 e. The van der Waals surface area contributed by atoms with Crippen molar-refractivity contribution in [2.75, 3.05) is 18.0 Å². The minimum atomic E-state index is 0.209. The SMILES string of the molecule is NC1CCCN(c2nc3ccccc3n2Cc2ccc(Cl)cn2)C1. The molecule has 3 aromatic rings. The average molecular weight is 342 g/mol. The maximum atomic E-state index is 6.17. The molecule has 1 aliphatic heterocycles. The highest BCUT2D eigenvalue weighted by Gasteiger charge is 2.22. The number of benzene rings is 1. The zero-order valence-corrected chi connectivity index (χ0v) is 14.2. The second-order valence-corrected chi connectivity index (χ2v) is 6.74. The van der Waals surface area contributed by atoms with Crippen molar-refractivity contribution in [2.45, 2.75) is 25.4 Å². The summed E-state index contributed by atoms with van der Waals surface area (Å²) in [6.45, 7) is 2.50. The molecule has 4 rings (SSSR count). The Morgan fingerprint density at radius 1 is 1.21 bits per heavy atom. The molecular weight excluding hydrogens is 322 g/mol. The first-order valence-electron chi connectivity index (χ1n) is 8.27. The number of nitrogens with two attached hydrogens (primary N) is 1. The summed E-state index contributed by atoms with van der Waals surface area (Å²) in [5, 5.41) is 0.650. The van der Waals surface area contributed by atoms with Crippen molar-refractivity contribution in [1.82, 2.24) is 14.5 Å². The van der Waals surface area contributed by atoms with Crippen LogP contribution in [0, 0.1) is 0 Å². The number of hydrogen-bond donors (Lipinski definition) is 1. The van der Waals surface area contributed by atoms with Crippen LogP contribution in [0.1, 0.15) is 18.5 Å². The van der Waals surface area contributed by atoms with Crippen LogP contribution in [0.25, 0.3) is 11.0 Å². The molecule has 0 aliphatic carbocycles. The van der Waals surface area contributed by atoms with Crippen LogP contribution in [-0.2, 0) is 6.54 Å². The Morgan fingerprint density at radius 3 is 2.88 bits per heavy atom. The summed E-state index contributed by atoms with van der Waals surface area (Å²) < 4.78 is 2.23. The number of hydrogen-bond acceptors (Lipinski definition) is 4. The van der Waals surface area contributed by atoms with E-state index in [0.29, 0.717) is 11.6 Å². The van der Waals surface area contributed by atoms with Gasteiger partial charge in [-0.25, -0.2) is 4.98 Å². The highest BCUT2D eigenvalue weighted by atomic mass is 35.5. The van der Waals surface area contributed by atoms with Gasteiger partial charge in [0.1, 0.15) is 0 Å². The van der Waals surface area contributed by atoms with Gasteiger partial charge in [0.15, 0.2) is 0 Å². The van der Waals surface area contributed by atoms with E-state index in [1.165, 1.54) is 0 Å². The Morgan fingerprint density at radius 2 is 2.08 bits per heavy atom. The summed E-state index contributed by atoms with van der Waals surface area (Å²) in [7, 11) is 0. The number of halogens is 1. The molecule has 3 heterocycles. The molecule has 2 N–H and O–H groups in total. The lowest BCUT2D eigenvalue weighted by Crippen LogP contribution is -2.44. The molecule has 1 fully saturated rings. The van der Waals surface area contributed by atoms with Gasteiger partial charge in [0.25, 0.3) is 0 Å². The summed E-state index contributed by atoms with van der Waals surface area (Å²) >= 11 is 5.95. The topological polar surface area (TPSA) is 60.0 Å². The zero-order chi connectivity index (χ0) is 16.5. The Balaban J connectivity index is 1.76. The summed E-state index contributed by atoms with van der Waals surface area (Å²) in [4.78, 5) is 11.6. The number of rotatable bonds is 3. The predicted octanol–water partition coefficient (Wildman–Crippen LogP) is 3.06. The molecule has 0 amide bonds. The Hall–Kier alpha value is -2.11. The minimum Gasteiger partial charge on any atom is -0.341 e. The highest BCUT2D eigenvalue weighted by molar-refractivity contribution is 6.30. The molecule has 0 spiro atoms. The van der Waals surface area contributed by atoms with E-state index in [9.17, 15) is 0 Å². The van der Waals surface area contributed by atoms with Gasteiger partial charge < -0.3 is 15.2 Å². The van der Waals surface area contributed by atoms with Crippen molar-refractivity contribution >= 4 is 28.6 Å². The average Bonchev–Trinajstić information content (AvgIpc) is 2.96. The molecule has 1 aliphatic rings. The van der Waals surface area contributed by atoms with Crippen LogP contribution in [0.15, 0.2) is 42.6 Å². The van der Waals surface area contributed by atoms with E-state index in [1.54, 1.807) is 6.20 Å². The first-order valence-corrected chi connectivity index (χ1v) is 8.65. The van der Waals surface area contributed by atoms with Crippen molar-refractivity contribution < 1.29 is 0 Å². The maximum absolute atomic E-state index is 6.17. The fourth-order valence-electron chi connectivity index (χ4n) is 3.31. The molecule has 24 heavy (non-hydrogen) atoms. The molecule has 6 heteroatoms. The minimum absolute atomic E-state index is 0.209. The van der Waals surface area contributed by atoms with Crippen LogP contribution in [0.5, 0.6) is 0 Å². The van der Waals surface area contributed by atoms with Gasteiger partial charge in [-0.15, -0.1) is 0 Å². The lowest BCUT2D eigenvalue weighted by atomic mass is 10.1. The fourth-order valence-corrected chi connectivity index (χ4v) is 3.43. The van der Waals surface area contributed by atoms with Crippen LogP contribution < -0.4 is 10.6 Å². The van der Waals surface area contributed by atoms with Crippen molar-refractivity contribution in [3.63, 3.8) is 0 Å². The summed E-state index contributed by atoms with van der Waals surface area (Å²) in [6, 6.07) is 12.3. The summed E-state index contributed by atoms with van der Waals surface area (Å²) in [5.74, 6) is 0.975. The lowest BCUT2D eigenvalue weighted by molar-refractivity contribution is 0.495. The number of nitrogens with zero attached hydrogens (tertiary/aromatic N) is 4. The number of anilines is 1. The Kier molecular flexibility index (Phi) is 4.12. The molecule has 1 saturated heterocycles. The Bertz CT molecular complexity index is 842. The molecule has 1 aromatic carbocycles. The molecule has 5 nitrogen and oxygen atoms in total. The summed E-state index contributed by atoms with van der Waals surface area (Å²) in [5.41, 5.74) is 9.25. The molecule has 1 unspecified atom stereocenters. The first-order chi connectivity index (χ1) is 11.7. The summed E-state index contributed by atoms with van der Waals surface area (Å²) in [6.07, 6.45) is 3.87. The van der Waals surface area contributed by atoms with E-state index in [1.807, 2.05) is 24.3 Å². The van der Waals surface area contributed by atoms with Gasteiger partial charge in [-0.2, -0.15) is 0 Å². The number of para-hydroxylation sites is 2. The number of imidazole rings is 1. The number of aromatic nitrogens is 3. The monoisotopic (exact) mass is 341 g/mol. The molecule has 0 radical (unpaired) electrons. The van der Waals surface area contributed by atoms with Crippen LogP contribution in [-0.4, -0.2) is 33.7 Å². The van der Waals surface area contributed by atoms with Crippen LogP contribution in [0.2, 0.25) is 5.02 Å². The van der Waals surface area contributed by atoms with E-state index in [-0.39, 0.29) is 6.04 Å². The van der Waals surface area contributed by atoms with Crippen molar-refractivity contribution in [3.05, 3.63) is 53.3 Å². The highest BCUT2D eigenvalue weighted by Crippen LogP contribution is 2.26. The molecule has 0 saturated carbocycles. The predicted molar refractivity (Wildman–Crippen MR) is 97.5 cm³/mol. The zero-order valence-electron chi connectivity index (χ0n) is 13.4. The van der Waals surface area contributed by atoms with E-state index < -0.39 is 0 Å². The standard InChI is InChI=1S/C18H20ClN5/c19-13-7-8-15(21-10-13)12-24-17-6-2-1-5-16(17)22-18(24)23-9-3-4-14(20)11-23/h1-2,5-8,10,14H,3-4,9,11-12,20H2. The molecule has 124 valence electrons. The quantitative estimate of drug-likeness (QED) is 0.795. The second kappa shape index (κ2) is 6.42. The third-order valence-corrected chi connectivity index (χ3v) is 4.71. The van der Waals surface area contributed by atoms with Crippen molar-refractivity contribution in [2.24, 2.45) is 5.73 Å². The second-order valence-electron chi connectivity index (χ2n) is 6.30. The molecule has 0 bridgehead atoms. The number of piperidine rings is 1. The normalized spacial score (nSPS) is 18.2. The first kappa shape index (κ1) is 15.4. The Labute approximate surface area is 146 Å². The molecule has 1 atom stereocenters. The fraction of sp³-hybridized carbons (Fsp3) is 0.333. The van der Waals surface area contributed by atoms with Crippen LogP contribution in [0.4, 0.5) is 5.95 Å². The molecular formula is C18H20ClN5. The van der Waals surface area contributed by atoms with Gasteiger partial charge in [-0.3, -0.25) is 4.98 Å². The third kappa shape index (κ3) is 2.97. The van der Waals surface area contributed by atoms with E-state index in [2.05, 4.69) is 26.6 Å². The van der Waals surface area contributed by atoms with Gasteiger partial charge in [0.05, 0.1) is 28.3 Å². The van der Waals surface area contributed by atoms with Gasteiger partial charge in [0.2, 0.25) is 5.95 Å². The van der Waals surface area contributed by atoms with Gasteiger partial charge in [0, 0.05) is 25.3 Å². The maximum Gasteiger partial charge on any atom is 0.206 e. The van der Waals surface area contributed by atoms with Crippen LogP contribution >= 0.6 is 11.6 Å². The van der Waals surface area contributed by atoms with E-state index >= 15 is 0 Å². The third-order valence-electron chi connectivity index (χ3n) is 4.48. The van der Waals surface area contributed by atoms with Crippen molar-refractivity contribution in [1.29, 1.82) is 0 Å². The van der Waals surface area contributed by atoms with Gasteiger partial charge in [-0.05, 0) is 37.1 Å². The van der Waals surface area contributed by atoms with Crippen molar-refractivity contribution in [3.8, 4) is 0 Å². The number of pyridine rings is 1. The van der Waals surface area contributed by atoms with Gasteiger partial charge >= 0.3 is 0 Å². The smallest absolute Gasteiger partial charge is 0.206 e. The van der Waals surface area contributed by atoms with Gasteiger partial charge in [-0.1, -0.05) is 23.7 Å². The van der Waals surface area contributed by atoms with E-state index in [0.717, 1.165) is 48.6 Å². The molecule has 2 aromatic heterocycles. The number of fused-ring (bicyclic) bond motifs is 1. The van der Waals surface area contributed by atoms with E-state index in [4.69, 9.17) is 22.3 Å². The van der Waals surface area contributed by atoms with Crippen LogP contribution in [0.3, 0.4) is 0 Å². The lowest BCUT2D eigenvalue weighted by Gasteiger charge is -2.32.